The highest BCUT2D eigenvalue weighted by Gasteiger charge is 2.37. The number of carbonyl (C=O) groups excluding carboxylic acids is 2. The first-order valence-corrected chi connectivity index (χ1v) is 8.07. The summed E-state index contributed by atoms with van der Waals surface area (Å²) in [5, 5.41) is 13.5. The van der Waals surface area contributed by atoms with Gasteiger partial charge in [-0.1, -0.05) is 52.4 Å². The molecule has 2 saturated carbocycles. The van der Waals surface area contributed by atoms with Crippen molar-refractivity contribution < 1.29 is 9.59 Å². The molecule has 0 aromatic rings. The van der Waals surface area contributed by atoms with E-state index in [1.165, 1.54) is 64.2 Å². The standard InChI is InChI=1S/C15H28.2CNO/c1-15(2,13-9-5-3-6-10-13)14-11-7-4-8-12-14;2*2-1-3/h13-14H,3-12H2,1-2H3;;/q;2*-1. The van der Waals surface area contributed by atoms with Gasteiger partial charge in [0, 0.05) is 0 Å². The van der Waals surface area contributed by atoms with Gasteiger partial charge >= 0.3 is 0 Å². The fourth-order valence-electron chi connectivity index (χ4n) is 4.03. The molecule has 21 heavy (non-hydrogen) atoms. The Hall–Kier alpha value is -1.24. The zero-order chi connectivity index (χ0) is 16.1. The van der Waals surface area contributed by atoms with E-state index in [1.54, 1.807) is 0 Å². The molecule has 120 valence electrons. The van der Waals surface area contributed by atoms with Crippen molar-refractivity contribution in [3.05, 3.63) is 10.8 Å². The van der Waals surface area contributed by atoms with E-state index in [0.717, 1.165) is 11.8 Å². The van der Waals surface area contributed by atoms with Crippen molar-refractivity contribution in [3.63, 3.8) is 0 Å². The molecule has 0 radical (unpaired) electrons. The van der Waals surface area contributed by atoms with E-state index in [1.807, 2.05) is 0 Å². The lowest BCUT2D eigenvalue weighted by molar-refractivity contribution is 0.0587. The van der Waals surface area contributed by atoms with Crippen LogP contribution in [0, 0.1) is 17.3 Å². The van der Waals surface area contributed by atoms with Gasteiger partial charge in [-0.25, -0.2) is 0 Å². The molecular weight excluding hydrogens is 264 g/mol. The maximum absolute atomic E-state index is 8.24. The molecule has 0 amide bonds. The maximum Gasteiger partial charge on any atom is -0.0159 e. The maximum atomic E-state index is 8.24. The molecule has 2 aliphatic rings. The third kappa shape index (κ3) is 7.36. The fourth-order valence-corrected chi connectivity index (χ4v) is 4.03. The Labute approximate surface area is 128 Å². The topological polar surface area (TPSA) is 78.7 Å². The van der Waals surface area contributed by atoms with Gasteiger partial charge in [0.1, 0.15) is 0 Å². The van der Waals surface area contributed by atoms with Crippen molar-refractivity contribution >= 4 is 12.2 Å². The third-order valence-corrected chi connectivity index (χ3v) is 5.31. The second kappa shape index (κ2) is 11.4. The van der Waals surface area contributed by atoms with E-state index in [4.69, 9.17) is 20.4 Å². The summed E-state index contributed by atoms with van der Waals surface area (Å²) in [6.07, 6.45) is 16.1. The van der Waals surface area contributed by atoms with Gasteiger partial charge in [-0.05, 0) is 55.1 Å². The summed E-state index contributed by atoms with van der Waals surface area (Å²) >= 11 is 0. The molecule has 0 spiro atoms. The molecule has 4 nitrogen and oxygen atoms in total. The van der Waals surface area contributed by atoms with Crippen LogP contribution in [0.1, 0.15) is 78.1 Å². The minimum Gasteiger partial charge on any atom is -0.724 e. The summed E-state index contributed by atoms with van der Waals surface area (Å²) in [6.45, 7) is 5.14. The quantitative estimate of drug-likeness (QED) is 0.532. The van der Waals surface area contributed by atoms with Crippen molar-refractivity contribution in [3.8, 4) is 0 Å². The van der Waals surface area contributed by atoms with Crippen molar-refractivity contribution in [1.29, 1.82) is 0 Å². The molecule has 0 heterocycles. The molecule has 2 rings (SSSR count). The van der Waals surface area contributed by atoms with Crippen LogP contribution < -0.4 is 0 Å². The molecular formula is C17H28N2O2-2. The Bertz CT molecular complexity index is 297. The van der Waals surface area contributed by atoms with E-state index in [9.17, 15) is 0 Å². The Morgan fingerprint density at radius 1 is 0.714 bits per heavy atom. The highest BCUT2D eigenvalue weighted by Crippen LogP contribution is 2.48. The van der Waals surface area contributed by atoms with Crippen LogP contribution in [-0.2, 0) is 9.59 Å². The van der Waals surface area contributed by atoms with Gasteiger partial charge in [0.25, 0.3) is 0 Å². The monoisotopic (exact) mass is 292 g/mol. The van der Waals surface area contributed by atoms with Crippen LogP contribution >= 0.6 is 0 Å². The number of rotatable bonds is 2. The summed E-state index contributed by atoms with van der Waals surface area (Å²) in [6, 6.07) is 0. The van der Waals surface area contributed by atoms with Crippen LogP contribution in [-0.4, -0.2) is 12.2 Å². The molecule has 2 fully saturated rings. The van der Waals surface area contributed by atoms with Crippen LogP contribution in [0.5, 0.6) is 0 Å². The predicted molar refractivity (Wildman–Crippen MR) is 85.0 cm³/mol. The number of isocyanates is 2. The molecule has 0 aliphatic heterocycles. The van der Waals surface area contributed by atoms with Gasteiger partial charge in [-0.2, -0.15) is 0 Å². The van der Waals surface area contributed by atoms with E-state index < -0.39 is 0 Å². The average Bonchev–Trinajstić information content (AvgIpc) is 2.51. The highest BCUT2D eigenvalue weighted by molar-refractivity contribution is 5.37. The smallest absolute Gasteiger partial charge is 0.0159 e. The van der Waals surface area contributed by atoms with Gasteiger partial charge < -0.3 is 10.8 Å². The largest absolute Gasteiger partial charge is 0.724 e. The van der Waals surface area contributed by atoms with Crippen molar-refractivity contribution in [1.82, 2.24) is 0 Å². The Morgan fingerprint density at radius 3 is 1.19 bits per heavy atom. The predicted octanol–water partition coefficient (Wildman–Crippen LogP) is 4.96. The molecule has 0 aromatic carbocycles. The summed E-state index contributed by atoms with van der Waals surface area (Å²) in [5.41, 5.74) is 0.640. The van der Waals surface area contributed by atoms with Crippen molar-refractivity contribution in [2.75, 3.05) is 0 Å². The van der Waals surface area contributed by atoms with Crippen molar-refractivity contribution in [2.24, 2.45) is 17.3 Å². The lowest BCUT2D eigenvalue weighted by Gasteiger charge is -2.44. The Balaban J connectivity index is 0.000000578. The lowest BCUT2D eigenvalue weighted by Crippen LogP contribution is -2.35. The molecule has 0 unspecified atom stereocenters. The van der Waals surface area contributed by atoms with Crippen LogP contribution in [0.25, 0.3) is 10.8 Å². The van der Waals surface area contributed by atoms with E-state index >= 15 is 0 Å². The Morgan fingerprint density at radius 2 is 0.952 bits per heavy atom. The zero-order valence-electron chi connectivity index (χ0n) is 13.4. The highest BCUT2D eigenvalue weighted by atomic mass is 16.1. The van der Waals surface area contributed by atoms with E-state index in [0.29, 0.717) is 17.6 Å². The third-order valence-electron chi connectivity index (χ3n) is 5.31. The van der Waals surface area contributed by atoms with E-state index in [2.05, 4.69) is 13.8 Å². The van der Waals surface area contributed by atoms with Gasteiger partial charge in [0.2, 0.25) is 0 Å². The zero-order valence-corrected chi connectivity index (χ0v) is 13.4. The first kappa shape index (κ1) is 19.8. The normalized spacial score (nSPS) is 19.9. The number of hydrogen-bond acceptors (Lipinski definition) is 2. The molecule has 0 atom stereocenters. The molecule has 4 heteroatoms. The fraction of sp³-hybridized carbons (Fsp3) is 0.882. The molecule has 2 aliphatic carbocycles. The lowest BCUT2D eigenvalue weighted by atomic mass is 9.61. The van der Waals surface area contributed by atoms with Gasteiger partial charge in [0.05, 0.1) is 0 Å². The summed E-state index contributed by atoms with van der Waals surface area (Å²) in [5.74, 6) is 2.07. The van der Waals surface area contributed by atoms with Crippen LogP contribution in [0.4, 0.5) is 0 Å². The van der Waals surface area contributed by atoms with Crippen LogP contribution in [0.15, 0.2) is 0 Å². The second-order valence-corrected chi connectivity index (χ2v) is 6.67. The average molecular weight is 292 g/mol. The number of hydrogen-bond donors (Lipinski definition) is 0. The first-order chi connectivity index (χ1) is 10.0. The molecule has 0 aromatic heterocycles. The first-order valence-electron chi connectivity index (χ1n) is 8.07. The minimum absolute atomic E-state index is 0.500. The molecule has 0 N–H and O–H groups in total. The van der Waals surface area contributed by atoms with Gasteiger partial charge in [0.15, 0.2) is 0 Å². The van der Waals surface area contributed by atoms with Crippen LogP contribution in [0.3, 0.4) is 0 Å². The van der Waals surface area contributed by atoms with Crippen LogP contribution in [0.2, 0.25) is 0 Å². The molecule has 0 bridgehead atoms. The SMILES string of the molecule is CC(C)(C1CCCCC1)C1CCCCC1.[N-]=C=O.[N-]=C=O. The van der Waals surface area contributed by atoms with E-state index in [-0.39, 0.29) is 0 Å². The van der Waals surface area contributed by atoms with Gasteiger partial charge in [-0.15, -0.1) is 0 Å². The van der Waals surface area contributed by atoms with Crippen molar-refractivity contribution in [2.45, 2.75) is 78.1 Å². The summed E-state index contributed by atoms with van der Waals surface area (Å²) in [7, 11) is 0. The second-order valence-electron chi connectivity index (χ2n) is 6.67. The van der Waals surface area contributed by atoms with Gasteiger partial charge in [-0.3, -0.25) is 9.59 Å². The summed E-state index contributed by atoms with van der Waals surface area (Å²) in [4.78, 5) is 16.5. The number of nitrogens with zero attached hydrogens (tertiary/aromatic N) is 2. The molecule has 0 saturated heterocycles. The minimum atomic E-state index is 0.500. The Kier molecular flexibility index (Phi) is 10.7. The summed E-state index contributed by atoms with van der Waals surface area (Å²) < 4.78 is 0.